The number of rotatable bonds is 8. The molecule has 0 saturated carbocycles. The molecule has 7 heteroatoms. The first-order valence-corrected chi connectivity index (χ1v) is 7.47. The standard InChI is InChI=1S/C17H19N3O4/c1-24-16-9-5-2-6-13(16)12-17(21)19-11-10-18-14-7-3-4-8-15(14)20(22)23/h2-9,18H,10-12H2,1H3,(H,19,21). The number of methoxy groups -OCH3 is 1. The Kier molecular flexibility index (Phi) is 6.13. The number of amides is 1. The van der Waals surface area contributed by atoms with Crippen molar-refractivity contribution in [2.45, 2.75) is 6.42 Å². The molecule has 0 aliphatic rings. The number of benzene rings is 2. The Morgan fingerprint density at radius 3 is 2.58 bits per heavy atom. The first-order chi connectivity index (χ1) is 11.6. The third-order valence-corrected chi connectivity index (χ3v) is 3.41. The lowest BCUT2D eigenvalue weighted by molar-refractivity contribution is -0.384. The van der Waals surface area contributed by atoms with Crippen LogP contribution in [-0.2, 0) is 11.2 Å². The van der Waals surface area contributed by atoms with Gasteiger partial charge in [-0.25, -0.2) is 0 Å². The van der Waals surface area contributed by atoms with E-state index in [0.29, 0.717) is 24.5 Å². The molecule has 0 bridgehead atoms. The molecule has 0 spiro atoms. The van der Waals surface area contributed by atoms with Gasteiger partial charge in [0.25, 0.3) is 5.69 Å². The van der Waals surface area contributed by atoms with Gasteiger partial charge in [0, 0.05) is 24.7 Å². The molecule has 0 heterocycles. The lowest BCUT2D eigenvalue weighted by Crippen LogP contribution is -2.30. The summed E-state index contributed by atoms with van der Waals surface area (Å²) in [5.74, 6) is 0.537. The average Bonchev–Trinajstić information content (AvgIpc) is 2.59. The minimum atomic E-state index is -0.442. The largest absolute Gasteiger partial charge is 0.496 e. The molecular formula is C17H19N3O4. The number of para-hydroxylation sites is 3. The summed E-state index contributed by atoms with van der Waals surface area (Å²) in [6.45, 7) is 0.753. The molecule has 126 valence electrons. The molecule has 2 N–H and O–H groups in total. The van der Waals surface area contributed by atoms with Crippen molar-refractivity contribution in [3.05, 3.63) is 64.2 Å². The fourth-order valence-corrected chi connectivity index (χ4v) is 2.27. The Bertz CT molecular complexity index is 718. The highest BCUT2D eigenvalue weighted by molar-refractivity contribution is 5.79. The van der Waals surface area contributed by atoms with E-state index in [0.717, 1.165) is 5.56 Å². The molecule has 0 atom stereocenters. The number of hydrogen-bond acceptors (Lipinski definition) is 5. The van der Waals surface area contributed by atoms with Crippen molar-refractivity contribution < 1.29 is 14.5 Å². The molecule has 2 rings (SSSR count). The number of hydrogen-bond donors (Lipinski definition) is 2. The molecule has 0 aliphatic carbocycles. The van der Waals surface area contributed by atoms with Gasteiger partial charge in [-0.15, -0.1) is 0 Å². The summed E-state index contributed by atoms with van der Waals surface area (Å²) < 4.78 is 5.21. The van der Waals surface area contributed by atoms with Gasteiger partial charge in [0.2, 0.25) is 5.91 Å². The van der Waals surface area contributed by atoms with Crippen molar-refractivity contribution in [3.63, 3.8) is 0 Å². The molecule has 24 heavy (non-hydrogen) atoms. The number of nitro benzene ring substituents is 1. The molecule has 0 aromatic heterocycles. The van der Waals surface area contributed by atoms with Crippen molar-refractivity contribution >= 4 is 17.3 Å². The summed E-state index contributed by atoms with van der Waals surface area (Å²) in [5.41, 5.74) is 1.25. The smallest absolute Gasteiger partial charge is 0.292 e. The van der Waals surface area contributed by atoms with E-state index in [1.807, 2.05) is 18.2 Å². The summed E-state index contributed by atoms with van der Waals surface area (Å²) in [7, 11) is 1.56. The monoisotopic (exact) mass is 329 g/mol. The van der Waals surface area contributed by atoms with Gasteiger partial charge in [0.05, 0.1) is 18.5 Å². The molecular weight excluding hydrogens is 310 g/mol. The van der Waals surface area contributed by atoms with Crippen molar-refractivity contribution in [2.24, 2.45) is 0 Å². The Labute approximate surface area is 139 Å². The number of carbonyl (C=O) groups excluding carboxylic acids is 1. The van der Waals surface area contributed by atoms with E-state index in [1.165, 1.54) is 6.07 Å². The van der Waals surface area contributed by atoms with E-state index < -0.39 is 4.92 Å². The zero-order valence-electron chi connectivity index (χ0n) is 13.3. The number of nitrogens with zero attached hydrogens (tertiary/aromatic N) is 1. The highest BCUT2D eigenvalue weighted by Crippen LogP contribution is 2.22. The first kappa shape index (κ1) is 17.3. The van der Waals surface area contributed by atoms with Crippen LogP contribution in [0.5, 0.6) is 5.75 Å². The molecule has 0 radical (unpaired) electrons. The Morgan fingerprint density at radius 1 is 1.12 bits per heavy atom. The SMILES string of the molecule is COc1ccccc1CC(=O)NCCNc1ccccc1[N+](=O)[O-]. The Morgan fingerprint density at radius 2 is 1.83 bits per heavy atom. The lowest BCUT2D eigenvalue weighted by atomic mass is 10.1. The van der Waals surface area contributed by atoms with E-state index >= 15 is 0 Å². The lowest BCUT2D eigenvalue weighted by Gasteiger charge is -2.10. The summed E-state index contributed by atoms with van der Waals surface area (Å²) >= 11 is 0. The number of anilines is 1. The van der Waals surface area contributed by atoms with Crippen LogP contribution in [0.15, 0.2) is 48.5 Å². The van der Waals surface area contributed by atoms with Gasteiger partial charge in [-0.05, 0) is 12.1 Å². The van der Waals surface area contributed by atoms with Crippen molar-refractivity contribution in [3.8, 4) is 5.75 Å². The maximum atomic E-state index is 12.0. The van der Waals surface area contributed by atoms with Gasteiger partial charge in [-0.2, -0.15) is 0 Å². The summed E-state index contributed by atoms with van der Waals surface area (Å²) in [5, 5.41) is 16.6. The molecule has 0 fully saturated rings. The predicted molar refractivity (Wildman–Crippen MR) is 91.3 cm³/mol. The predicted octanol–water partition coefficient (Wildman–Crippen LogP) is 2.37. The van der Waals surface area contributed by atoms with Gasteiger partial charge in [-0.3, -0.25) is 14.9 Å². The molecule has 0 saturated heterocycles. The van der Waals surface area contributed by atoms with Gasteiger partial charge >= 0.3 is 0 Å². The van der Waals surface area contributed by atoms with Crippen LogP contribution in [0.1, 0.15) is 5.56 Å². The van der Waals surface area contributed by atoms with Crippen LogP contribution in [0.4, 0.5) is 11.4 Å². The van der Waals surface area contributed by atoms with Gasteiger partial charge in [0.1, 0.15) is 11.4 Å². The fourth-order valence-electron chi connectivity index (χ4n) is 2.27. The van der Waals surface area contributed by atoms with Crippen LogP contribution < -0.4 is 15.4 Å². The molecule has 1 amide bonds. The summed E-state index contributed by atoms with van der Waals surface area (Å²) in [6.07, 6.45) is 0.218. The van der Waals surface area contributed by atoms with Crippen molar-refractivity contribution in [1.29, 1.82) is 0 Å². The maximum absolute atomic E-state index is 12.0. The zero-order chi connectivity index (χ0) is 17.4. The number of nitrogens with one attached hydrogen (secondary N) is 2. The van der Waals surface area contributed by atoms with E-state index in [1.54, 1.807) is 31.4 Å². The Hall–Kier alpha value is -3.09. The van der Waals surface area contributed by atoms with Crippen LogP contribution >= 0.6 is 0 Å². The molecule has 7 nitrogen and oxygen atoms in total. The third kappa shape index (κ3) is 4.70. The number of carbonyl (C=O) groups is 1. The quantitative estimate of drug-likeness (QED) is 0.440. The second-order valence-electron chi connectivity index (χ2n) is 5.04. The molecule has 2 aromatic rings. The summed E-state index contributed by atoms with van der Waals surface area (Å²) in [6, 6.07) is 13.7. The zero-order valence-corrected chi connectivity index (χ0v) is 13.3. The average molecular weight is 329 g/mol. The normalized spacial score (nSPS) is 10.0. The van der Waals surface area contributed by atoms with Crippen LogP contribution in [0.25, 0.3) is 0 Å². The topological polar surface area (TPSA) is 93.5 Å². The summed E-state index contributed by atoms with van der Waals surface area (Å²) in [4.78, 5) is 22.4. The first-order valence-electron chi connectivity index (χ1n) is 7.47. The second-order valence-corrected chi connectivity index (χ2v) is 5.04. The Balaban J connectivity index is 1.80. The maximum Gasteiger partial charge on any atom is 0.292 e. The number of nitro groups is 1. The minimum absolute atomic E-state index is 0.0119. The molecule has 2 aromatic carbocycles. The second kappa shape index (κ2) is 8.52. The van der Waals surface area contributed by atoms with Gasteiger partial charge in [0.15, 0.2) is 0 Å². The highest BCUT2D eigenvalue weighted by atomic mass is 16.6. The molecule has 0 unspecified atom stereocenters. The highest BCUT2D eigenvalue weighted by Gasteiger charge is 2.11. The van der Waals surface area contributed by atoms with Crippen LogP contribution in [-0.4, -0.2) is 31.0 Å². The minimum Gasteiger partial charge on any atom is -0.496 e. The number of ether oxygens (including phenoxy) is 1. The fraction of sp³-hybridized carbons (Fsp3) is 0.235. The van der Waals surface area contributed by atoms with Crippen molar-refractivity contribution in [1.82, 2.24) is 5.32 Å². The van der Waals surface area contributed by atoms with E-state index in [4.69, 9.17) is 4.74 Å². The molecule has 0 aliphatic heterocycles. The van der Waals surface area contributed by atoms with E-state index in [2.05, 4.69) is 10.6 Å². The third-order valence-electron chi connectivity index (χ3n) is 3.41. The van der Waals surface area contributed by atoms with E-state index in [9.17, 15) is 14.9 Å². The van der Waals surface area contributed by atoms with Crippen LogP contribution in [0, 0.1) is 10.1 Å². The van der Waals surface area contributed by atoms with E-state index in [-0.39, 0.29) is 18.0 Å². The van der Waals surface area contributed by atoms with Crippen molar-refractivity contribution in [2.75, 3.05) is 25.5 Å². The van der Waals surface area contributed by atoms with Crippen LogP contribution in [0.3, 0.4) is 0 Å². The van der Waals surface area contributed by atoms with Crippen LogP contribution in [0.2, 0.25) is 0 Å². The van der Waals surface area contributed by atoms with Gasteiger partial charge in [-0.1, -0.05) is 30.3 Å². The van der Waals surface area contributed by atoms with Gasteiger partial charge < -0.3 is 15.4 Å².